The van der Waals surface area contributed by atoms with Gasteiger partial charge in [-0.05, 0) is 35.6 Å². The number of carbonyl (C=O) groups is 1. The van der Waals surface area contributed by atoms with Gasteiger partial charge < -0.3 is 5.32 Å². The lowest BCUT2D eigenvalue weighted by molar-refractivity contribution is 0.0955. The Balaban J connectivity index is 1.87. The number of halogens is 1. The number of sulfonamides is 1. The van der Waals surface area contributed by atoms with Gasteiger partial charge in [0.2, 0.25) is 10.0 Å². The monoisotopic (exact) mass is 386 g/mol. The molecule has 0 saturated heterocycles. The minimum absolute atomic E-state index is 0.184. The molecule has 1 aromatic heterocycles. The van der Waals surface area contributed by atoms with Gasteiger partial charge in [0.1, 0.15) is 0 Å². The smallest absolute Gasteiger partial charge is 0.261 e. The molecule has 0 atom stereocenters. The highest BCUT2D eigenvalue weighted by molar-refractivity contribution is 7.88. The Morgan fingerprint density at radius 2 is 1.92 bits per heavy atom. The third kappa shape index (κ3) is 5.90. The topological polar surface area (TPSA) is 66.5 Å². The molecular weight excluding hydrogens is 368 g/mol. The molecular formula is C16H19ClN2O3S2. The third-order valence-corrected chi connectivity index (χ3v) is 5.85. The number of amides is 1. The van der Waals surface area contributed by atoms with Gasteiger partial charge in [0.25, 0.3) is 5.91 Å². The minimum Gasteiger partial charge on any atom is -0.350 e. The van der Waals surface area contributed by atoms with E-state index in [2.05, 4.69) is 5.32 Å². The standard InChI is InChI=1S/C16H19ClN2O3S2/c1-24(21,22)19(10-8-13-4-6-14(17)7-5-13)11-9-18-16(20)15-3-2-12-23-15/h2-7,12H,8-11H2,1H3,(H,18,20). The van der Waals surface area contributed by atoms with Crippen LogP contribution in [0.4, 0.5) is 0 Å². The first-order chi connectivity index (χ1) is 11.4. The zero-order valence-electron chi connectivity index (χ0n) is 13.2. The van der Waals surface area contributed by atoms with Crippen molar-refractivity contribution in [2.75, 3.05) is 25.9 Å². The molecule has 0 aliphatic carbocycles. The molecule has 2 aromatic rings. The van der Waals surface area contributed by atoms with E-state index in [1.54, 1.807) is 24.3 Å². The summed E-state index contributed by atoms with van der Waals surface area (Å²) in [5.74, 6) is -0.184. The van der Waals surface area contributed by atoms with Gasteiger partial charge in [-0.3, -0.25) is 4.79 Å². The summed E-state index contributed by atoms with van der Waals surface area (Å²) in [6.45, 7) is 0.864. The second-order valence-electron chi connectivity index (χ2n) is 5.27. The quantitative estimate of drug-likeness (QED) is 0.758. The molecule has 1 aromatic carbocycles. The number of hydrogen-bond acceptors (Lipinski definition) is 4. The largest absolute Gasteiger partial charge is 0.350 e. The molecule has 0 spiro atoms. The van der Waals surface area contributed by atoms with Crippen LogP contribution in [-0.4, -0.2) is 44.5 Å². The molecule has 0 bridgehead atoms. The number of benzene rings is 1. The zero-order valence-corrected chi connectivity index (χ0v) is 15.6. The van der Waals surface area contributed by atoms with Crippen LogP contribution in [0.1, 0.15) is 15.2 Å². The van der Waals surface area contributed by atoms with Gasteiger partial charge in [-0.2, -0.15) is 0 Å². The Morgan fingerprint density at radius 3 is 2.50 bits per heavy atom. The summed E-state index contributed by atoms with van der Waals surface area (Å²) in [5, 5.41) is 5.21. The summed E-state index contributed by atoms with van der Waals surface area (Å²) in [4.78, 5) is 12.5. The highest BCUT2D eigenvalue weighted by Crippen LogP contribution is 2.11. The molecule has 0 unspecified atom stereocenters. The summed E-state index contributed by atoms with van der Waals surface area (Å²) in [5.41, 5.74) is 1.01. The lowest BCUT2D eigenvalue weighted by Gasteiger charge is -2.20. The molecule has 5 nitrogen and oxygen atoms in total. The van der Waals surface area contributed by atoms with Gasteiger partial charge in [0.05, 0.1) is 11.1 Å². The molecule has 24 heavy (non-hydrogen) atoms. The summed E-state index contributed by atoms with van der Waals surface area (Å²) in [6.07, 6.45) is 1.76. The SMILES string of the molecule is CS(=O)(=O)N(CCNC(=O)c1cccs1)CCc1ccc(Cl)cc1. The molecule has 1 amide bonds. The van der Waals surface area contributed by atoms with Gasteiger partial charge in [-0.1, -0.05) is 29.8 Å². The fraction of sp³-hybridized carbons (Fsp3) is 0.312. The lowest BCUT2D eigenvalue weighted by atomic mass is 10.1. The van der Waals surface area contributed by atoms with E-state index in [4.69, 9.17) is 11.6 Å². The van der Waals surface area contributed by atoms with Crippen molar-refractivity contribution in [2.45, 2.75) is 6.42 Å². The van der Waals surface area contributed by atoms with Crippen molar-refractivity contribution in [1.82, 2.24) is 9.62 Å². The maximum absolute atomic E-state index is 11.9. The summed E-state index contributed by atoms with van der Waals surface area (Å²) < 4.78 is 25.2. The summed E-state index contributed by atoms with van der Waals surface area (Å²) >= 11 is 7.19. The zero-order chi connectivity index (χ0) is 17.6. The second-order valence-corrected chi connectivity index (χ2v) is 8.64. The maximum atomic E-state index is 11.9. The average Bonchev–Trinajstić information content (AvgIpc) is 3.05. The fourth-order valence-corrected chi connectivity index (χ4v) is 3.75. The Bertz CT molecular complexity index is 759. The van der Waals surface area contributed by atoms with Crippen LogP contribution in [-0.2, 0) is 16.4 Å². The number of nitrogens with zero attached hydrogens (tertiary/aromatic N) is 1. The highest BCUT2D eigenvalue weighted by Gasteiger charge is 2.16. The first-order valence-electron chi connectivity index (χ1n) is 7.37. The van der Waals surface area contributed by atoms with E-state index in [1.165, 1.54) is 21.9 Å². The molecule has 0 radical (unpaired) electrons. The van der Waals surface area contributed by atoms with Crippen molar-refractivity contribution in [3.05, 3.63) is 57.2 Å². The van der Waals surface area contributed by atoms with Crippen molar-refractivity contribution < 1.29 is 13.2 Å². The molecule has 0 saturated carbocycles. The van der Waals surface area contributed by atoms with E-state index in [-0.39, 0.29) is 19.0 Å². The molecule has 8 heteroatoms. The van der Waals surface area contributed by atoms with Crippen LogP contribution < -0.4 is 5.32 Å². The molecule has 0 aliphatic rings. The van der Waals surface area contributed by atoms with E-state index < -0.39 is 10.0 Å². The van der Waals surface area contributed by atoms with Gasteiger partial charge in [-0.25, -0.2) is 12.7 Å². The predicted octanol–water partition coefficient (Wildman–Crippen LogP) is 2.64. The average molecular weight is 387 g/mol. The van der Waals surface area contributed by atoms with E-state index in [0.717, 1.165) is 5.56 Å². The van der Waals surface area contributed by atoms with E-state index in [0.29, 0.717) is 22.9 Å². The second kappa shape index (κ2) is 8.62. The number of carbonyl (C=O) groups excluding carboxylic acids is 1. The lowest BCUT2D eigenvalue weighted by Crippen LogP contribution is -2.39. The molecule has 1 heterocycles. The number of nitrogens with one attached hydrogen (secondary N) is 1. The highest BCUT2D eigenvalue weighted by atomic mass is 35.5. The molecule has 0 aliphatic heterocycles. The number of thiophene rings is 1. The molecule has 0 fully saturated rings. The van der Waals surface area contributed by atoms with Gasteiger partial charge in [-0.15, -0.1) is 11.3 Å². The Morgan fingerprint density at radius 1 is 1.21 bits per heavy atom. The number of rotatable bonds is 8. The van der Waals surface area contributed by atoms with Crippen molar-refractivity contribution in [1.29, 1.82) is 0 Å². The number of hydrogen-bond donors (Lipinski definition) is 1. The maximum Gasteiger partial charge on any atom is 0.261 e. The summed E-state index contributed by atoms with van der Waals surface area (Å²) in [6, 6.07) is 10.8. The normalized spacial score (nSPS) is 11.6. The van der Waals surface area contributed by atoms with Crippen molar-refractivity contribution in [2.24, 2.45) is 0 Å². The predicted molar refractivity (Wildman–Crippen MR) is 98.2 cm³/mol. The van der Waals surface area contributed by atoms with Crippen LogP contribution in [0, 0.1) is 0 Å². The van der Waals surface area contributed by atoms with Crippen LogP contribution in [0.15, 0.2) is 41.8 Å². The summed E-state index contributed by atoms with van der Waals surface area (Å²) in [7, 11) is -3.34. The first kappa shape index (κ1) is 18.9. The molecule has 130 valence electrons. The van der Waals surface area contributed by atoms with Crippen molar-refractivity contribution >= 4 is 38.9 Å². The van der Waals surface area contributed by atoms with Crippen LogP contribution in [0.2, 0.25) is 5.02 Å². The molecule has 2 rings (SSSR count). The van der Waals surface area contributed by atoms with Crippen LogP contribution in [0.5, 0.6) is 0 Å². The fourth-order valence-electron chi connectivity index (χ4n) is 2.14. The van der Waals surface area contributed by atoms with Crippen LogP contribution in [0.3, 0.4) is 0 Å². The van der Waals surface area contributed by atoms with E-state index in [9.17, 15) is 13.2 Å². The third-order valence-electron chi connectivity index (χ3n) is 3.42. The van der Waals surface area contributed by atoms with Crippen molar-refractivity contribution in [3.8, 4) is 0 Å². The van der Waals surface area contributed by atoms with Crippen LogP contribution >= 0.6 is 22.9 Å². The molecule has 1 N–H and O–H groups in total. The van der Waals surface area contributed by atoms with Crippen molar-refractivity contribution in [3.63, 3.8) is 0 Å². The van der Waals surface area contributed by atoms with Gasteiger partial charge >= 0.3 is 0 Å². The van der Waals surface area contributed by atoms with Gasteiger partial charge in [0.15, 0.2) is 0 Å². The Kier molecular flexibility index (Phi) is 6.79. The van der Waals surface area contributed by atoms with Gasteiger partial charge in [0, 0.05) is 24.7 Å². The Hall–Kier alpha value is -1.41. The van der Waals surface area contributed by atoms with E-state index >= 15 is 0 Å². The minimum atomic E-state index is -3.34. The van der Waals surface area contributed by atoms with Crippen LogP contribution in [0.25, 0.3) is 0 Å². The first-order valence-corrected chi connectivity index (χ1v) is 10.5. The Labute approximate surface area is 151 Å². The van der Waals surface area contributed by atoms with E-state index in [1.807, 2.05) is 17.5 Å².